The summed E-state index contributed by atoms with van der Waals surface area (Å²) in [6, 6.07) is 3.80. The van der Waals surface area contributed by atoms with Gasteiger partial charge in [-0.2, -0.15) is 0 Å². The van der Waals surface area contributed by atoms with Crippen LogP contribution in [0.3, 0.4) is 0 Å². The van der Waals surface area contributed by atoms with E-state index in [9.17, 15) is 9.18 Å². The van der Waals surface area contributed by atoms with Gasteiger partial charge in [-0.25, -0.2) is 9.18 Å². The van der Waals surface area contributed by atoms with Crippen LogP contribution >= 0.6 is 23.2 Å². The molecule has 1 aromatic rings. The van der Waals surface area contributed by atoms with Crippen molar-refractivity contribution in [2.75, 3.05) is 7.11 Å². The number of epoxide rings is 1. The normalized spacial score (nSPS) is 31.1. The Morgan fingerprint density at radius 3 is 2.71 bits per heavy atom. The van der Waals surface area contributed by atoms with Gasteiger partial charge >= 0.3 is 5.97 Å². The van der Waals surface area contributed by atoms with Gasteiger partial charge in [0.05, 0.1) is 7.11 Å². The Morgan fingerprint density at radius 1 is 1.53 bits per heavy atom. The summed E-state index contributed by atoms with van der Waals surface area (Å²) in [5.74, 6) is -1.18. The Bertz CT molecular complexity index is 494. The van der Waals surface area contributed by atoms with E-state index in [1.165, 1.54) is 19.2 Å². The fourth-order valence-electron chi connectivity index (χ4n) is 1.73. The molecule has 6 heteroatoms. The molecule has 17 heavy (non-hydrogen) atoms. The highest BCUT2D eigenvalue weighted by Gasteiger charge is 2.74. The third-order valence-corrected chi connectivity index (χ3v) is 3.71. The number of hydrogen-bond donors (Lipinski definition) is 0. The van der Waals surface area contributed by atoms with Crippen molar-refractivity contribution in [3.05, 3.63) is 34.6 Å². The summed E-state index contributed by atoms with van der Waals surface area (Å²) in [4.78, 5) is 11.5. The van der Waals surface area contributed by atoms with Crippen LogP contribution in [0.1, 0.15) is 12.5 Å². The Balaban J connectivity index is 2.40. The number of benzene rings is 1. The van der Waals surface area contributed by atoms with E-state index in [-0.39, 0.29) is 5.02 Å². The maximum atomic E-state index is 12.9. The van der Waals surface area contributed by atoms with Gasteiger partial charge in [-0.1, -0.05) is 29.3 Å². The zero-order chi connectivity index (χ0) is 12.8. The predicted octanol–water partition coefficient (Wildman–Crippen LogP) is 2.83. The van der Waals surface area contributed by atoms with Crippen LogP contribution in [0.15, 0.2) is 18.2 Å². The first kappa shape index (κ1) is 12.6. The molecule has 0 aliphatic carbocycles. The van der Waals surface area contributed by atoms with E-state index >= 15 is 0 Å². The molecular weight excluding hydrogens is 270 g/mol. The Labute approximate surface area is 107 Å². The van der Waals surface area contributed by atoms with E-state index in [4.69, 9.17) is 27.9 Å². The van der Waals surface area contributed by atoms with Crippen LogP contribution in [0.4, 0.5) is 4.39 Å². The second-order valence-corrected chi connectivity index (χ2v) is 4.79. The molecule has 2 unspecified atom stereocenters. The minimum Gasteiger partial charge on any atom is -0.466 e. The number of carbonyl (C=O) groups excluding carboxylic acids is 1. The number of carbonyl (C=O) groups is 1. The van der Waals surface area contributed by atoms with Gasteiger partial charge in [-0.15, -0.1) is 0 Å². The topological polar surface area (TPSA) is 38.8 Å². The van der Waals surface area contributed by atoms with Crippen molar-refractivity contribution in [1.82, 2.24) is 0 Å². The summed E-state index contributed by atoms with van der Waals surface area (Å²) in [5.41, 5.74) is -0.659. The highest BCUT2D eigenvalue weighted by Crippen LogP contribution is 2.60. The highest BCUT2D eigenvalue weighted by atomic mass is 35.5. The molecule has 0 spiro atoms. The minimum atomic E-state index is -1.59. The zero-order valence-corrected chi connectivity index (χ0v) is 10.6. The number of halogens is 3. The van der Waals surface area contributed by atoms with Crippen molar-refractivity contribution >= 4 is 29.2 Å². The molecule has 2 rings (SSSR count). The second kappa shape index (κ2) is 3.83. The molecule has 0 amide bonds. The van der Waals surface area contributed by atoms with Gasteiger partial charge in [0.25, 0.3) is 5.06 Å². The van der Waals surface area contributed by atoms with Gasteiger partial charge in [0.1, 0.15) is 11.4 Å². The zero-order valence-electron chi connectivity index (χ0n) is 9.09. The molecule has 1 heterocycles. The van der Waals surface area contributed by atoms with Crippen LogP contribution in [0, 0.1) is 5.82 Å². The first-order valence-electron chi connectivity index (χ1n) is 4.78. The molecule has 92 valence electrons. The Morgan fingerprint density at radius 2 is 2.18 bits per heavy atom. The lowest BCUT2D eigenvalue weighted by Crippen LogP contribution is -2.27. The Kier molecular flexibility index (Phi) is 2.84. The third-order valence-electron chi connectivity index (χ3n) is 2.81. The molecule has 0 radical (unpaired) electrons. The van der Waals surface area contributed by atoms with Crippen LogP contribution in [0.5, 0.6) is 0 Å². The van der Waals surface area contributed by atoms with E-state index in [1.807, 2.05) is 0 Å². The van der Waals surface area contributed by atoms with Crippen molar-refractivity contribution in [2.45, 2.75) is 17.6 Å². The van der Waals surface area contributed by atoms with E-state index in [2.05, 4.69) is 4.74 Å². The fraction of sp³-hybridized carbons (Fsp3) is 0.364. The number of ether oxygens (including phenoxy) is 2. The summed E-state index contributed by atoms with van der Waals surface area (Å²) < 4.78 is 22.7. The molecule has 1 aliphatic rings. The smallest absolute Gasteiger partial charge is 0.357 e. The number of methoxy groups -OCH3 is 1. The van der Waals surface area contributed by atoms with Gasteiger partial charge in [-0.3, -0.25) is 0 Å². The maximum absolute atomic E-state index is 12.9. The van der Waals surface area contributed by atoms with Crippen LogP contribution in [0.2, 0.25) is 5.02 Å². The van der Waals surface area contributed by atoms with Gasteiger partial charge in [-0.05, 0) is 19.1 Å². The van der Waals surface area contributed by atoms with Crippen LogP contribution in [-0.2, 0) is 19.9 Å². The summed E-state index contributed by atoms with van der Waals surface area (Å²) >= 11 is 11.9. The van der Waals surface area contributed by atoms with Crippen molar-refractivity contribution in [3.63, 3.8) is 0 Å². The summed E-state index contributed by atoms with van der Waals surface area (Å²) in [5, 5.41) is -1.44. The molecule has 1 fully saturated rings. The molecule has 1 aliphatic heterocycles. The lowest BCUT2D eigenvalue weighted by Gasteiger charge is -2.11. The summed E-state index contributed by atoms with van der Waals surface area (Å²) in [6.45, 7) is 1.59. The van der Waals surface area contributed by atoms with Crippen molar-refractivity contribution in [2.24, 2.45) is 0 Å². The summed E-state index contributed by atoms with van der Waals surface area (Å²) in [7, 11) is 1.21. The van der Waals surface area contributed by atoms with E-state index in [1.54, 1.807) is 6.92 Å². The number of hydrogen-bond acceptors (Lipinski definition) is 3. The lowest BCUT2D eigenvalue weighted by atomic mass is 9.97. The molecule has 2 atom stereocenters. The SMILES string of the molecule is COC(=O)C1(Cl)OC1(C)c1ccc(F)cc1Cl. The fourth-order valence-corrected chi connectivity index (χ4v) is 2.41. The first-order valence-corrected chi connectivity index (χ1v) is 5.54. The average molecular weight is 279 g/mol. The molecule has 1 aromatic carbocycles. The van der Waals surface area contributed by atoms with E-state index < -0.39 is 22.4 Å². The largest absolute Gasteiger partial charge is 0.466 e. The van der Waals surface area contributed by atoms with Gasteiger partial charge in [0.2, 0.25) is 0 Å². The van der Waals surface area contributed by atoms with Gasteiger partial charge < -0.3 is 9.47 Å². The highest BCUT2D eigenvalue weighted by molar-refractivity contribution is 6.36. The van der Waals surface area contributed by atoms with Crippen molar-refractivity contribution in [1.29, 1.82) is 0 Å². The molecule has 0 saturated carbocycles. The molecule has 0 aromatic heterocycles. The van der Waals surface area contributed by atoms with Crippen molar-refractivity contribution in [3.8, 4) is 0 Å². The molecular formula is C11H9Cl2FO3. The molecule has 3 nitrogen and oxygen atoms in total. The number of esters is 1. The minimum absolute atomic E-state index is 0.152. The third kappa shape index (κ3) is 1.71. The lowest BCUT2D eigenvalue weighted by molar-refractivity contribution is -0.143. The van der Waals surface area contributed by atoms with Crippen LogP contribution in [-0.4, -0.2) is 18.1 Å². The van der Waals surface area contributed by atoms with E-state index in [0.29, 0.717) is 5.56 Å². The second-order valence-electron chi connectivity index (χ2n) is 3.85. The predicted molar refractivity (Wildman–Crippen MR) is 60.4 cm³/mol. The van der Waals surface area contributed by atoms with E-state index in [0.717, 1.165) is 6.07 Å². The monoisotopic (exact) mass is 278 g/mol. The molecule has 1 saturated heterocycles. The Hall–Kier alpha value is -0.840. The average Bonchev–Trinajstić information content (AvgIpc) is 2.82. The number of rotatable bonds is 2. The van der Waals surface area contributed by atoms with Crippen LogP contribution < -0.4 is 0 Å². The molecule has 0 N–H and O–H groups in total. The quantitative estimate of drug-likeness (QED) is 0.474. The van der Waals surface area contributed by atoms with Crippen molar-refractivity contribution < 1.29 is 18.7 Å². The van der Waals surface area contributed by atoms with Gasteiger partial charge in [0, 0.05) is 10.6 Å². The molecule has 0 bridgehead atoms. The standard InChI is InChI=1S/C11H9Cl2FO3/c1-10(11(13,17-10)9(15)16-2)7-4-3-6(14)5-8(7)12/h3-5H,1-2H3. The maximum Gasteiger partial charge on any atom is 0.357 e. The first-order chi connectivity index (χ1) is 7.85. The summed E-state index contributed by atoms with van der Waals surface area (Å²) in [6.07, 6.45) is 0. The number of alkyl halides is 1. The van der Waals surface area contributed by atoms with Gasteiger partial charge in [0.15, 0.2) is 0 Å². The van der Waals surface area contributed by atoms with Crippen LogP contribution in [0.25, 0.3) is 0 Å².